The number of fused-ring (bicyclic) bond motifs is 1. The van der Waals surface area contributed by atoms with Crippen molar-refractivity contribution in [2.24, 2.45) is 0 Å². The summed E-state index contributed by atoms with van der Waals surface area (Å²) < 4.78 is 21.2. The van der Waals surface area contributed by atoms with Gasteiger partial charge >= 0.3 is 0 Å². The molecular weight excluding hydrogens is 399 g/mol. The van der Waals surface area contributed by atoms with Crippen molar-refractivity contribution in [1.82, 2.24) is 14.5 Å². The number of halogens is 1. The lowest BCUT2D eigenvalue weighted by atomic mass is 10.0. The van der Waals surface area contributed by atoms with Gasteiger partial charge in [-0.15, -0.1) is 0 Å². The van der Waals surface area contributed by atoms with Crippen molar-refractivity contribution in [1.29, 1.82) is 0 Å². The van der Waals surface area contributed by atoms with Gasteiger partial charge in [0.1, 0.15) is 11.6 Å². The molecule has 8 heteroatoms. The standard InChI is InChI=1S/C23H25FN4O3/c1-31-22-5-4-15(24)11-18(22)20-3-2-8-27(20)16-6-10-28-21(12-16)19(13-25-28)23(30)26-9-7-17(29)14-26/h4-6,10-13,17,20,29H,2-3,7-9,14H2,1H3/t17-,20+/m0/s1. The Bertz CT molecular complexity index is 1130. The number of aliphatic hydroxyl groups is 1. The van der Waals surface area contributed by atoms with Gasteiger partial charge in [0.05, 0.1) is 36.5 Å². The van der Waals surface area contributed by atoms with Gasteiger partial charge in [0, 0.05) is 37.1 Å². The summed E-state index contributed by atoms with van der Waals surface area (Å²) in [7, 11) is 1.60. The first-order chi connectivity index (χ1) is 15.0. The van der Waals surface area contributed by atoms with E-state index in [4.69, 9.17) is 4.74 Å². The molecule has 3 aromatic rings. The molecule has 1 N–H and O–H groups in total. The number of hydrogen-bond acceptors (Lipinski definition) is 5. The molecule has 2 aliphatic heterocycles. The summed E-state index contributed by atoms with van der Waals surface area (Å²) in [6, 6.07) is 8.56. The number of likely N-dealkylation sites (tertiary alicyclic amines) is 1. The van der Waals surface area contributed by atoms with Gasteiger partial charge in [0.15, 0.2) is 0 Å². The molecule has 0 saturated carbocycles. The summed E-state index contributed by atoms with van der Waals surface area (Å²) in [6.45, 7) is 1.73. The molecule has 4 heterocycles. The highest BCUT2D eigenvalue weighted by atomic mass is 19.1. The fourth-order valence-electron chi connectivity index (χ4n) is 4.77. The number of ether oxygens (including phenoxy) is 1. The predicted octanol–water partition coefficient (Wildman–Crippen LogP) is 3.03. The van der Waals surface area contributed by atoms with E-state index in [9.17, 15) is 14.3 Å². The molecule has 0 radical (unpaired) electrons. The summed E-state index contributed by atoms with van der Waals surface area (Å²) in [5.74, 6) is 0.273. The predicted molar refractivity (Wildman–Crippen MR) is 114 cm³/mol. The minimum Gasteiger partial charge on any atom is -0.496 e. The summed E-state index contributed by atoms with van der Waals surface area (Å²) in [4.78, 5) is 16.9. The molecule has 0 aliphatic carbocycles. The summed E-state index contributed by atoms with van der Waals surface area (Å²) >= 11 is 0. The molecular formula is C23H25FN4O3. The third-order valence-corrected chi connectivity index (χ3v) is 6.32. The Hall–Kier alpha value is -3.13. The first-order valence-corrected chi connectivity index (χ1v) is 10.6. The van der Waals surface area contributed by atoms with Crippen LogP contribution in [0.5, 0.6) is 5.75 Å². The van der Waals surface area contributed by atoms with Crippen molar-refractivity contribution in [2.45, 2.75) is 31.4 Å². The van der Waals surface area contributed by atoms with E-state index in [1.807, 2.05) is 18.3 Å². The number of carbonyl (C=O) groups is 1. The number of methoxy groups -OCH3 is 1. The minimum atomic E-state index is -0.465. The topological polar surface area (TPSA) is 70.3 Å². The van der Waals surface area contributed by atoms with Gasteiger partial charge in [0.2, 0.25) is 0 Å². The maximum absolute atomic E-state index is 14.0. The van der Waals surface area contributed by atoms with E-state index in [2.05, 4.69) is 10.00 Å². The van der Waals surface area contributed by atoms with Gasteiger partial charge in [0.25, 0.3) is 5.91 Å². The van der Waals surface area contributed by atoms with Crippen LogP contribution in [0.4, 0.5) is 10.1 Å². The molecule has 0 spiro atoms. The normalized spacial score (nSPS) is 21.3. The Morgan fingerprint density at radius 1 is 1.23 bits per heavy atom. The van der Waals surface area contributed by atoms with E-state index in [0.717, 1.165) is 36.2 Å². The Morgan fingerprint density at radius 2 is 2.10 bits per heavy atom. The smallest absolute Gasteiger partial charge is 0.257 e. The molecule has 2 aromatic heterocycles. The largest absolute Gasteiger partial charge is 0.496 e. The highest BCUT2D eigenvalue weighted by molar-refractivity contribution is 6.01. The van der Waals surface area contributed by atoms with Crippen LogP contribution in [0.2, 0.25) is 0 Å². The molecule has 2 saturated heterocycles. The number of hydrogen-bond donors (Lipinski definition) is 1. The van der Waals surface area contributed by atoms with E-state index in [0.29, 0.717) is 30.8 Å². The summed E-state index contributed by atoms with van der Waals surface area (Å²) in [6.07, 6.45) is 5.43. The number of anilines is 1. The molecule has 1 amide bonds. The lowest BCUT2D eigenvalue weighted by Crippen LogP contribution is -2.29. The summed E-state index contributed by atoms with van der Waals surface area (Å²) in [5, 5.41) is 14.1. The quantitative estimate of drug-likeness (QED) is 0.697. The van der Waals surface area contributed by atoms with Crippen LogP contribution in [0, 0.1) is 5.82 Å². The molecule has 162 valence electrons. The van der Waals surface area contributed by atoms with Crippen LogP contribution < -0.4 is 9.64 Å². The van der Waals surface area contributed by atoms with Crippen molar-refractivity contribution in [3.63, 3.8) is 0 Å². The first kappa shape index (κ1) is 19.8. The maximum atomic E-state index is 14.0. The van der Waals surface area contributed by atoms with Crippen LogP contribution in [-0.4, -0.2) is 58.4 Å². The van der Waals surface area contributed by atoms with E-state index in [-0.39, 0.29) is 17.8 Å². The molecule has 2 atom stereocenters. The van der Waals surface area contributed by atoms with Crippen LogP contribution in [0.3, 0.4) is 0 Å². The van der Waals surface area contributed by atoms with Crippen LogP contribution in [0.25, 0.3) is 5.52 Å². The van der Waals surface area contributed by atoms with Crippen molar-refractivity contribution in [3.05, 3.63) is 59.7 Å². The molecule has 1 aromatic carbocycles. The van der Waals surface area contributed by atoms with Crippen molar-refractivity contribution >= 4 is 17.1 Å². The second-order valence-electron chi connectivity index (χ2n) is 8.20. The number of β-amino-alcohol motifs (C(OH)–C–C–N with tert-alkyl or cyclic N) is 1. The monoisotopic (exact) mass is 424 g/mol. The molecule has 7 nitrogen and oxygen atoms in total. The van der Waals surface area contributed by atoms with Gasteiger partial charge in [-0.1, -0.05) is 0 Å². The Balaban J connectivity index is 1.50. The number of rotatable bonds is 4. The molecule has 2 aliphatic rings. The molecule has 0 unspecified atom stereocenters. The van der Waals surface area contributed by atoms with Gasteiger partial charge in [-0.25, -0.2) is 8.91 Å². The Labute approximate surface area is 179 Å². The molecule has 0 bridgehead atoms. The fourth-order valence-corrected chi connectivity index (χ4v) is 4.77. The number of aromatic nitrogens is 2. The SMILES string of the molecule is COc1ccc(F)cc1[C@H]1CCCN1c1ccn2ncc(C(=O)N3CC[C@H](O)C3)c2c1. The van der Waals surface area contributed by atoms with E-state index in [1.165, 1.54) is 6.07 Å². The van der Waals surface area contributed by atoms with E-state index < -0.39 is 6.10 Å². The average molecular weight is 424 g/mol. The van der Waals surface area contributed by atoms with Crippen molar-refractivity contribution in [3.8, 4) is 5.75 Å². The second kappa shape index (κ2) is 7.85. The van der Waals surface area contributed by atoms with Crippen LogP contribution >= 0.6 is 0 Å². The van der Waals surface area contributed by atoms with E-state index >= 15 is 0 Å². The highest BCUT2D eigenvalue weighted by Gasteiger charge is 2.31. The van der Waals surface area contributed by atoms with E-state index in [1.54, 1.807) is 34.9 Å². The van der Waals surface area contributed by atoms with Crippen molar-refractivity contribution in [2.75, 3.05) is 31.6 Å². The van der Waals surface area contributed by atoms with Crippen LogP contribution in [0.1, 0.15) is 41.2 Å². The van der Waals surface area contributed by atoms with Gasteiger partial charge in [-0.3, -0.25) is 4.79 Å². The fraction of sp³-hybridized carbons (Fsp3) is 0.391. The molecule has 2 fully saturated rings. The zero-order valence-corrected chi connectivity index (χ0v) is 17.4. The zero-order chi connectivity index (χ0) is 21.5. The number of carbonyl (C=O) groups excluding carboxylic acids is 1. The second-order valence-corrected chi connectivity index (χ2v) is 8.20. The third-order valence-electron chi connectivity index (χ3n) is 6.32. The average Bonchev–Trinajstić information content (AvgIpc) is 3.52. The molecule has 5 rings (SSSR count). The number of aliphatic hydroxyl groups excluding tert-OH is 1. The maximum Gasteiger partial charge on any atom is 0.257 e. The lowest BCUT2D eigenvalue weighted by Gasteiger charge is -2.28. The first-order valence-electron chi connectivity index (χ1n) is 10.6. The van der Waals surface area contributed by atoms with Gasteiger partial charge < -0.3 is 19.6 Å². The third kappa shape index (κ3) is 3.50. The zero-order valence-electron chi connectivity index (χ0n) is 17.4. The Kier molecular flexibility index (Phi) is 5.02. The van der Waals surface area contributed by atoms with Crippen molar-refractivity contribution < 1.29 is 19.0 Å². The van der Waals surface area contributed by atoms with Crippen LogP contribution in [0.15, 0.2) is 42.7 Å². The number of nitrogens with zero attached hydrogens (tertiary/aromatic N) is 4. The molecule has 31 heavy (non-hydrogen) atoms. The lowest BCUT2D eigenvalue weighted by molar-refractivity contribution is 0.0767. The summed E-state index contributed by atoms with van der Waals surface area (Å²) in [5.41, 5.74) is 3.03. The number of benzene rings is 1. The van der Waals surface area contributed by atoms with Gasteiger partial charge in [-0.2, -0.15) is 5.10 Å². The highest BCUT2D eigenvalue weighted by Crippen LogP contribution is 2.40. The van der Waals surface area contributed by atoms with Crippen LogP contribution in [-0.2, 0) is 0 Å². The number of pyridine rings is 1. The Morgan fingerprint density at radius 3 is 2.87 bits per heavy atom. The minimum absolute atomic E-state index is 0.0103. The number of amides is 1. The van der Waals surface area contributed by atoms with Gasteiger partial charge in [-0.05, 0) is 49.6 Å².